The third kappa shape index (κ3) is 2.42. The second-order valence-electron chi connectivity index (χ2n) is 5.28. The molecule has 5 heteroatoms. The molecule has 0 radical (unpaired) electrons. The van der Waals surface area contributed by atoms with Gasteiger partial charge < -0.3 is 20.1 Å². The number of aromatic hydroxyl groups is 1. The number of benzene rings is 1. The highest BCUT2D eigenvalue weighted by molar-refractivity contribution is 6.01. The van der Waals surface area contributed by atoms with E-state index in [1.165, 1.54) is 7.11 Å². The fourth-order valence-electron chi connectivity index (χ4n) is 2.16. The second-order valence-corrected chi connectivity index (χ2v) is 5.28. The topological polar surface area (TPSA) is 77.5 Å². The third-order valence-corrected chi connectivity index (χ3v) is 2.89. The van der Waals surface area contributed by atoms with Crippen LogP contribution in [-0.4, -0.2) is 28.3 Å². The van der Waals surface area contributed by atoms with Gasteiger partial charge in [0.05, 0.1) is 12.6 Å². The van der Waals surface area contributed by atoms with Gasteiger partial charge in [-0.05, 0) is 26.0 Å². The molecule has 0 fully saturated rings. The van der Waals surface area contributed by atoms with Crippen molar-refractivity contribution in [2.24, 2.45) is 5.73 Å². The maximum Gasteiger partial charge on any atom is 0.358 e. The molecule has 0 spiro atoms. The van der Waals surface area contributed by atoms with Crippen LogP contribution in [0.25, 0.3) is 10.9 Å². The minimum absolute atomic E-state index is 0.0632. The normalized spacial score (nSPS) is 11.8. The fourth-order valence-corrected chi connectivity index (χ4v) is 2.16. The number of carbonyl (C=O) groups excluding carboxylic acids is 1. The summed E-state index contributed by atoms with van der Waals surface area (Å²) < 4.78 is 6.45. The lowest BCUT2D eigenvalue weighted by Crippen LogP contribution is -2.37. The molecule has 0 aliphatic rings. The van der Waals surface area contributed by atoms with E-state index in [-0.39, 0.29) is 11.4 Å². The van der Waals surface area contributed by atoms with Crippen LogP contribution in [0.3, 0.4) is 0 Å². The number of fused-ring (bicyclic) bond motifs is 1. The monoisotopic (exact) mass is 262 g/mol. The molecule has 1 aromatic carbocycles. The summed E-state index contributed by atoms with van der Waals surface area (Å²) in [6.07, 6.45) is 0. The number of carbonyl (C=O) groups is 1. The molecule has 102 valence electrons. The largest absolute Gasteiger partial charge is 0.505 e. The number of hydrogen-bond acceptors (Lipinski definition) is 4. The SMILES string of the molecule is COC(=O)c1c(O)c2ccccc2n1CC(C)(C)N. The smallest absolute Gasteiger partial charge is 0.358 e. The van der Waals surface area contributed by atoms with Crippen molar-refractivity contribution in [2.45, 2.75) is 25.9 Å². The second kappa shape index (κ2) is 4.59. The first kappa shape index (κ1) is 13.4. The quantitative estimate of drug-likeness (QED) is 0.828. The van der Waals surface area contributed by atoms with Crippen molar-refractivity contribution in [3.63, 3.8) is 0 Å². The number of rotatable bonds is 3. The predicted octanol–water partition coefficient (Wildman–Crippen LogP) is 1.87. The minimum Gasteiger partial charge on any atom is -0.505 e. The number of hydrogen-bond donors (Lipinski definition) is 2. The fraction of sp³-hybridized carbons (Fsp3) is 0.357. The van der Waals surface area contributed by atoms with E-state index in [1.807, 2.05) is 26.0 Å². The Bertz CT molecular complexity index is 623. The summed E-state index contributed by atoms with van der Waals surface area (Å²) in [7, 11) is 1.29. The van der Waals surface area contributed by atoms with Crippen LogP contribution in [0.4, 0.5) is 0 Å². The van der Waals surface area contributed by atoms with Crippen molar-refractivity contribution in [1.82, 2.24) is 4.57 Å². The Morgan fingerprint density at radius 1 is 1.42 bits per heavy atom. The lowest BCUT2D eigenvalue weighted by molar-refractivity contribution is 0.0584. The van der Waals surface area contributed by atoms with Crippen LogP contribution >= 0.6 is 0 Å². The van der Waals surface area contributed by atoms with Crippen molar-refractivity contribution in [2.75, 3.05) is 7.11 Å². The van der Waals surface area contributed by atoms with Crippen molar-refractivity contribution >= 4 is 16.9 Å². The van der Waals surface area contributed by atoms with E-state index >= 15 is 0 Å². The van der Waals surface area contributed by atoms with Crippen molar-refractivity contribution in [1.29, 1.82) is 0 Å². The van der Waals surface area contributed by atoms with Gasteiger partial charge in [0.15, 0.2) is 11.4 Å². The first-order chi connectivity index (χ1) is 8.85. The van der Waals surface area contributed by atoms with Crippen molar-refractivity contribution < 1.29 is 14.6 Å². The Kier molecular flexibility index (Phi) is 3.24. The Balaban J connectivity index is 2.73. The Morgan fingerprint density at radius 3 is 2.63 bits per heavy atom. The summed E-state index contributed by atoms with van der Waals surface area (Å²) in [5, 5.41) is 10.8. The number of aromatic nitrogens is 1. The molecule has 0 atom stereocenters. The summed E-state index contributed by atoms with van der Waals surface area (Å²) >= 11 is 0. The van der Waals surface area contributed by atoms with Gasteiger partial charge in [-0.3, -0.25) is 0 Å². The van der Waals surface area contributed by atoms with E-state index in [0.29, 0.717) is 11.9 Å². The van der Waals surface area contributed by atoms with Gasteiger partial charge in [-0.25, -0.2) is 4.79 Å². The maximum atomic E-state index is 11.9. The van der Waals surface area contributed by atoms with E-state index in [9.17, 15) is 9.90 Å². The van der Waals surface area contributed by atoms with Crippen LogP contribution in [0.5, 0.6) is 5.75 Å². The molecule has 0 unspecified atom stereocenters. The van der Waals surface area contributed by atoms with Gasteiger partial charge in [0.2, 0.25) is 0 Å². The molecule has 1 aromatic heterocycles. The maximum absolute atomic E-state index is 11.9. The summed E-state index contributed by atoms with van der Waals surface area (Å²) in [5.41, 5.74) is 6.41. The highest BCUT2D eigenvalue weighted by atomic mass is 16.5. The van der Waals surface area contributed by atoms with Crippen LogP contribution in [0.2, 0.25) is 0 Å². The molecule has 0 amide bonds. The minimum atomic E-state index is -0.571. The molecule has 2 rings (SSSR count). The first-order valence-electron chi connectivity index (χ1n) is 6.02. The number of ether oxygens (including phenoxy) is 1. The van der Waals surface area contributed by atoms with Gasteiger partial charge in [-0.1, -0.05) is 12.1 Å². The number of para-hydroxylation sites is 1. The molecule has 0 saturated heterocycles. The van der Waals surface area contributed by atoms with Gasteiger partial charge in [-0.2, -0.15) is 0 Å². The lowest BCUT2D eigenvalue weighted by Gasteiger charge is -2.21. The molecule has 19 heavy (non-hydrogen) atoms. The van der Waals surface area contributed by atoms with Crippen LogP contribution in [0, 0.1) is 0 Å². The molecule has 0 saturated carbocycles. The van der Waals surface area contributed by atoms with Crippen LogP contribution < -0.4 is 5.73 Å². The zero-order valence-corrected chi connectivity index (χ0v) is 11.3. The van der Waals surface area contributed by atoms with E-state index < -0.39 is 11.5 Å². The number of methoxy groups -OCH3 is 1. The predicted molar refractivity (Wildman–Crippen MR) is 73.2 cm³/mol. The third-order valence-electron chi connectivity index (χ3n) is 2.89. The Hall–Kier alpha value is -2.01. The molecule has 5 nitrogen and oxygen atoms in total. The highest BCUT2D eigenvalue weighted by Crippen LogP contribution is 2.33. The van der Waals surface area contributed by atoms with E-state index in [1.54, 1.807) is 16.7 Å². The van der Waals surface area contributed by atoms with Crippen molar-refractivity contribution in [3.8, 4) is 5.75 Å². The summed E-state index contributed by atoms with van der Waals surface area (Å²) in [6, 6.07) is 7.26. The first-order valence-corrected chi connectivity index (χ1v) is 6.02. The van der Waals surface area contributed by atoms with Crippen LogP contribution in [0.1, 0.15) is 24.3 Å². The molecular weight excluding hydrogens is 244 g/mol. The molecule has 0 aliphatic heterocycles. The molecule has 2 aromatic rings. The highest BCUT2D eigenvalue weighted by Gasteiger charge is 2.25. The van der Waals surface area contributed by atoms with Gasteiger partial charge in [0.1, 0.15) is 0 Å². The zero-order chi connectivity index (χ0) is 14.2. The van der Waals surface area contributed by atoms with E-state index in [2.05, 4.69) is 0 Å². The lowest BCUT2D eigenvalue weighted by atomic mass is 10.1. The summed E-state index contributed by atoms with van der Waals surface area (Å²) in [5.74, 6) is -0.635. The Labute approximate surface area is 111 Å². The van der Waals surface area contributed by atoms with E-state index in [0.717, 1.165) is 5.52 Å². The molecule has 0 aliphatic carbocycles. The van der Waals surface area contributed by atoms with E-state index in [4.69, 9.17) is 10.5 Å². The van der Waals surface area contributed by atoms with Crippen LogP contribution in [0.15, 0.2) is 24.3 Å². The molecule has 3 N–H and O–H groups in total. The standard InChI is InChI=1S/C14H18N2O3/c1-14(2,15)8-16-10-7-5-4-6-9(10)12(17)11(16)13(18)19-3/h4-7,17H,8,15H2,1-3H3. The van der Waals surface area contributed by atoms with Gasteiger partial charge >= 0.3 is 5.97 Å². The van der Waals surface area contributed by atoms with Crippen molar-refractivity contribution in [3.05, 3.63) is 30.0 Å². The zero-order valence-electron chi connectivity index (χ0n) is 11.3. The number of nitrogens with zero attached hydrogens (tertiary/aromatic N) is 1. The molecular formula is C14H18N2O3. The average molecular weight is 262 g/mol. The van der Waals surface area contributed by atoms with Gasteiger partial charge in [0.25, 0.3) is 0 Å². The van der Waals surface area contributed by atoms with Gasteiger partial charge in [-0.15, -0.1) is 0 Å². The number of nitrogens with two attached hydrogens (primary N) is 1. The number of esters is 1. The van der Waals surface area contributed by atoms with Gasteiger partial charge in [0, 0.05) is 17.5 Å². The molecule has 0 bridgehead atoms. The average Bonchev–Trinajstić information content (AvgIpc) is 2.61. The summed E-state index contributed by atoms with van der Waals surface area (Å²) in [4.78, 5) is 11.9. The summed E-state index contributed by atoms with van der Waals surface area (Å²) in [6.45, 7) is 4.12. The Morgan fingerprint density at radius 2 is 2.05 bits per heavy atom. The molecule has 1 heterocycles. The van der Waals surface area contributed by atoms with Crippen LogP contribution in [-0.2, 0) is 11.3 Å².